The lowest BCUT2D eigenvalue weighted by Crippen LogP contribution is -2.33. The van der Waals surface area contributed by atoms with Crippen LogP contribution in [0.15, 0.2) is 18.2 Å². The molecule has 1 aromatic rings. The average Bonchev–Trinajstić information content (AvgIpc) is 2.46. The highest BCUT2D eigenvalue weighted by atomic mass is 32.2. The van der Waals surface area contributed by atoms with Crippen molar-refractivity contribution in [2.75, 3.05) is 18.6 Å². The summed E-state index contributed by atoms with van der Waals surface area (Å²) in [5, 5.41) is 3.07. The van der Waals surface area contributed by atoms with E-state index in [0.717, 1.165) is 29.9 Å². The molecule has 0 radical (unpaired) electrons. The third-order valence-corrected chi connectivity index (χ3v) is 4.61. The van der Waals surface area contributed by atoms with Gasteiger partial charge in [-0.2, -0.15) is 0 Å². The van der Waals surface area contributed by atoms with E-state index in [0.29, 0.717) is 12.2 Å². The number of rotatable bonds is 4. The Bertz CT molecular complexity index is 445. The van der Waals surface area contributed by atoms with Crippen LogP contribution in [0.3, 0.4) is 0 Å². The van der Waals surface area contributed by atoms with Crippen molar-refractivity contribution in [2.24, 2.45) is 0 Å². The van der Waals surface area contributed by atoms with Crippen molar-refractivity contribution in [1.29, 1.82) is 0 Å². The molecule has 5 heteroatoms. The van der Waals surface area contributed by atoms with Crippen LogP contribution in [-0.4, -0.2) is 24.0 Å². The fourth-order valence-electron chi connectivity index (χ4n) is 2.18. The van der Waals surface area contributed by atoms with Crippen molar-refractivity contribution < 1.29 is 9.53 Å². The van der Waals surface area contributed by atoms with Gasteiger partial charge in [0.05, 0.1) is 12.4 Å². The predicted molar refractivity (Wildman–Crippen MR) is 79.4 cm³/mol. The standard InChI is InChI=1S/C14H20N2O2S/c1-18-12-6-5-11(15)8-10(12)9-16-14(17)13-4-2-3-7-19-13/h5-6,8,13H,2-4,7,9,15H2,1H3,(H,16,17). The van der Waals surface area contributed by atoms with Gasteiger partial charge in [-0.15, -0.1) is 11.8 Å². The lowest BCUT2D eigenvalue weighted by Gasteiger charge is -2.20. The van der Waals surface area contributed by atoms with Gasteiger partial charge < -0.3 is 15.8 Å². The predicted octanol–water partition coefficient (Wildman–Crippen LogP) is 2.18. The molecule has 1 heterocycles. The molecule has 0 spiro atoms. The van der Waals surface area contributed by atoms with Crippen LogP contribution in [0.2, 0.25) is 0 Å². The Morgan fingerprint density at radius 3 is 3.05 bits per heavy atom. The van der Waals surface area contributed by atoms with Gasteiger partial charge >= 0.3 is 0 Å². The summed E-state index contributed by atoms with van der Waals surface area (Å²) in [6, 6.07) is 5.46. The monoisotopic (exact) mass is 280 g/mol. The second-order valence-corrected chi connectivity index (χ2v) is 5.95. The number of nitrogens with two attached hydrogens (primary N) is 1. The average molecular weight is 280 g/mol. The number of nitrogens with one attached hydrogen (secondary N) is 1. The molecule has 4 nitrogen and oxygen atoms in total. The maximum Gasteiger partial charge on any atom is 0.233 e. The highest BCUT2D eigenvalue weighted by Crippen LogP contribution is 2.25. The Hall–Kier alpha value is -1.36. The van der Waals surface area contributed by atoms with E-state index in [9.17, 15) is 4.79 Å². The molecule has 0 aliphatic carbocycles. The van der Waals surface area contributed by atoms with Crippen LogP contribution in [0, 0.1) is 0 Å². The lowest BCUT2D eigenvalue weighted by atomic mass is 10.1. The summed E-state index contributed by atoms with van der Waals surface area (Å²) in [7, 11) is 1.62. The van der Waals surface area contributed by atoms with E-state index in [1.807, 2.05) is 12.1 Å². The Labute approximate surface area is 118 Å². The van der Waals surface area contributed by atoms with Crippen molar-refractivity contribution in [1.82, 2.24) is 5.32 Å². The Morgan fingerprint density at radius 2 is 2.37 bits per heavy atom. The molecule has 1 aromatic carbocycles. The molecule has 1 aliphatic heterocycles. The summed E-state index contributed by atoms with van der Waals surface area (Å²) in [5.41, 5.74) is 7.35. The smallest absolute Gasteiger partial charge is 0.233 e. The van der Waals surface area contributed by atoms with E-state index < -0.39 is 0 Å². The van der Waals surface area contributed by atoms with Gasteiger partial charge in [-0.1, -0.05) is 6.42 Å². The van der Waals surface area contributed by atoms with Crippen LogP contribution in [0.4, 0.5) is 5.69 Å². The van der Waals surface area contributed by atoms with Crippen LogP contribution in [0.25, 0.3) is 0 Å². The number of hydrogen-bond acceptors (Lipinski definition) is 4. The highest BCUT2D eigenvalue weighted by Gasteiger charge is 2.21. The van der Waals surface area contributed by atoms with Gasteiger partial charge in [-0.25, -0.2) is 0 Å². The van der Waals surface area contributed by atoms with E-state index in [1.54, 1.807) is 24.9 Å². The van der Waals surface area contributed by atoms with Crippen LogP contribution < -0.4 is 15.8 Å². The summed E-state index contributed by atoms with van der Waals surface area (Å²) >= 11 is 1.75. The molecule has 19 heavy (non-hydrogen) atoms. The summed E-state index contributed by atoms with van der Waals surface area (Å²) < 4.78 is 5.27. The summed E-state index contributed by atoms with van der Waals surface area (Å²) in [4.78, 5) is 12.1. The number of carbonyl (C=O) groups excluding carboxylic acids is 1. The fraction of sp³-hybridized carbons (Fsp3) is 0.500. The highest BCUT2D eigenvalue weighted by molar-refractivity contribution is 8.00. The minimum atomic E-state index is 0.0980. The van der Waals surface area contributed by atoms with E-state index in [2.05, 4.69) is 5.32 Å². The normalized spacial score (nSPS) is 18.9. The minimum absolute atomic E-state index is 0.0980. The number of benzene rings is 1. The zero-order valence-electron chi connectivity index (χ0n) is 11.1. The molecule has 1 atom stereocenters. The maximum atomic E-state index is 12.1. The Morgan fingerprint density at radius 1 is 1.53 bits per heavy atom. The number of thioether (sulfide) groups is 1. The van der Waals surface area contributed by atoms with E-state index in [4.69, 9.17) is 10.5 Å². The van der Waals surface area contributed by atoms with Gasteiger partial charge in [0.25, 0.3) is 0 Å². The largest absolute Gasteiger partial charge is 0.496 e. The van der Waals surface area contributed by atoms with E-state index in [1.165, 1.54) is 6.42 Å². The maximum absolute atomic E-state index is 12.1. The number of anilines is 1. The molecule has 0 aromatic heterocycles. The summed E-state index contributed by atoms with van der Waals surface area (Å²) in [6.45, 7) is 0.462. The molecule has 1 saturated heterocycles. The summed E-state index contributed by atoms with van der Waals surface area (Å²) in [5.74, 6) is 1.96. The number of amides is 1. The molecule has 0 saturated carbocycles. The minimum Gasteiger partial charge on any atom is -0.496 e. The first-order chi connectivity index (χ1) is 9.20. The van der Waals surface area contributed by atoms with Crippen molar-refractivity contribution in [3.63, 3.8) is 0 Å². The molecule has 1 fully saturated rings. The van der Waals surface area contributed by atoms with Crippen molar-refractivity contribution in [2.45, 2.75) is 31.1 Å². The number of nitrogen functional groups attached to an aromatic ring is 1. The fourth-order valence-corrected chi connectivity index (χ4v) is 3.40. The first kappa shape index (κ1) is 14.1. The molecule has 1 amide bonds. The van der Waals surface area contributed by atoms with Crippen LogP contribution in [0.1, 0.15) is 24.8 Å². The number of methoxy groups -OCH3 is 1. The molecule has 1 unspecified atom stereocenters. The Kier molecular flexibility index (Phi) is 4.96. The molecular formula is C14H20N2O2S. The van der Waals surface area contributed by atoms with Gasteiger partial charge in [0.15, 0.2) is 0 Å². The molecule has 1 aliphatic rings. The zero-order valence-corrected chi connectivity index (χ0v) is 12.0. The van der Waals surface area contributed by atoms with Crippen LogP contribution >= 0.6 is 11.8 Å². The van der Waals surface area contributed by atoms with Crippen LogP contribution in [-0.2, 0) is 11.3 Å². The second kappa shape index (κ2) is 6.70. The molecule has 2 rings (SSSR count). The number of hydrogen-bond donors (Lipinski definition) is 2. The van der Waals surface area contributed by atoms with Gasteiger partial charge in [0, 0.05) is 17.8 Å². The zero-order chi connectivity index (χ0) is 13.7. The first-order valence-electron chi connectivity index (χ1n) is 6.52. The number of carbonyl (C=O) groups is 1. The van der Waals surface area contributed by atoms with Gasteiger partial charge in [0.2, 0.25) is 5.91 Å². The lowest BCUT2D eigenvalue weighted by molar-refractivity contribution is -0.120. The van der Waals surface area contributed by atoms with Crippen LogP contribution in [0.5, 0.6) is 5.75 Å². The SMILES string of the molecule is COc1ccc(N)cc1CNC(=O)C1CCCCS1. The first-order valence-corrected chi connectivity index (χ1v) is 7.57. The summed E-state index contributed by atoms with van der Waals surface area (Å²) in [6.07, 6.45) is 3.34. The molecular weight excluding hydrogens is 260 g/mol. The third-order valence-electron chi connectivity index (χ3n) is 3.23. The molecule has 104 valence electrons. The number of ether oxygens (including phenoxy) is 1. The second-order valence-electron chi connectivity index (χ2n) is 4.64. The quantitative estimate of drug-likeness (QED) is 0.830. The van der Waals surface area contributed by atoms with E-state index >= 15 is 0 Å². The van der Waals surface area contributed by atoms with E-state index in [-0.39, 0.29) is 11.2 Å². The van der Waals surface area contributed by atoms with Gasteiger partial charge in [0.1, 0.15) is 5.75 Å². The van der Waals surface area contributed by atoms with Crippen molar-refractivity contribution >= 4 is 23.4 Å². The van der Waals surface area contributed by atoms with Crippen molar-refractivity contribution in [3.8, 4) is 5.75 Å². The van der Waals surface area contributed by atoms with Gasteiger partial charge in [-0.05, 0) is 36.8 Å². The topological polar surface area (TPSA) is 64.3 Å². The Balaban J connectivity index is 1.94. The molecule has 3 N–H and O–H groups in total. The van der Waals surface area contributed by atoms with Crippen molar-refractivity contribution in [3.05, 3.63) is 23.8 Å². The van der Waals surface area contributed by atoms with Gasteiger partial charge in [-0.3, -0.25) is 4.79 Å². The molecule has 0 bridgehead atoms. The third kappa shape index (κ3) is 3.80.